The van der Waals surface area contributed by atoms with Crippen LogP contribution in [0.2, 0.25) is 0 Å². The maximum atomic E-state index is 12.5. The summed E-state index contributed by atoms with van der Waals surface area (Å²) in [6, 6.07) is 5.70. The van der Waals surface area contributed by atoms with Gasteiger partial charge in [0, 0.05) is 55.3 Å². The van der Waals surface area contributed by atoms with Gasteiger partial charge >= 0.3 is 5.97 Å². The molecule has 8 nitrogen and oxygen atoms in total. The van der Waals surface area contributed by atoms with Crippen molar-refractivity contribution in [2.75, 3.05) is 31.6 Å². The topological polar surface area (TPSA) is 96.8 Å². The van der Waals surface area contributed by atoms with Crippen molar-refractivity contribution in [3.8, 4) is 0 Å². The second-order valence-electron chi connectivity index (χ2n) is 11.3. The third-order valence-electron chi connectivity index (χ3n) is 7.82. The minimum absolute atomic E-state index is 0.0528. The van der Waals surface area contributed by atoms with Gasteiger partial charge in [-0.1, -0.05) is 6.07 Å². The van der Waals surface area contributed by atoms with Gasteiger partial charge in [0.1, 0.15) is 11.9 Å². The van der Waals surface area contributed by atoms with Crippen LogP contribution in [0.3, 0.4) is 0 Å². The van der Waals surface area contributed by atoms with Crippen LogP contribution in [-0.2, 0) is 33.7 Å². The molecule has 5 rings (SSSR count). The summed E-state index contributed by atoms with van der Waals surface area (Å²) >= 11 is 0. The fourth-order valence-corrected chi connectivity index (χ4v) is 5.53. The van der Waals surface area contributed by atoms with E-state index in [1.54, 1.807) is 6.20 Å². The first kappa shape index (κ1) is 27.0. The lowest BCUT2D eigenvalue weighted by Gasteiger charge is -2.26. The number of anilines is 1. The molecule has 2 aromatic rings. The van der Waals surface area contributed by atoms with Crippen molar-refractivity contribution in [3.05, 3.63) is 52.5 Å². The number of unbranched alkanes of at least 4 members (excludes halogenated alkanes) is 1. The predicted octanol–water partition coefficient (Wildman–Crippen LogP) is 4.88. The highest BCUT2D eigenvalue weighted by Gasteiger charge is 2.36. The summed E-state index contributed by atoms with van der Waals surface area (Å²) in [6.45, 7) is 7.41. The molecular weight excluding hydrogens is 480 g/mol. The number of aromatic nitrogens is 2. The number of rotatable bonds is 13. The highest BCUT2D eigenvalue weighted by atomic mass is 16.5. The Bertz CT molecular complexity index is 1100. The van der Waals surface area contributed by atoms with Crippen molar-refractivity contribution in [1.29, 1.82) is 0 Å². The maximum Gasteiger partial charge on any atom is 0.325 e. The molecule has 0 amide bonds. The van der Waals surface area contributed by atoms with Crippen molar-refractivity contribution in [3.63, 3.8) is 0 Å². The molecule has 2 aromatic heterocycles. The molecule has 38 heavy (non-hydrogen) atoms. The van der Waals surface area contributed by atoms with Crippen molar-refractivity contribution >= 4 is 11.8 Å². The van der Waals surface area contributed by atoms with Crippen LogP contribution >= 0.6 is 0 Å². The molecule has 1 saturated carbocycles. The quantitative estimate of drug-likeness (QED) is 0.360. The Labute approximate surface area is 226 Å². The summed E-state index contributed by atoms with van der Waals surface area (Å²) < 4.78 is 12.1. The normalized spacial score (nSPS) is 20.3. The number of fused-ring (bicyclic) bond motifs is 1. The van der Waals surface area contributed by atoms with Gasteiger partial charge in [-0.2, -0.15) is 0 Å². The van der Waals surface area contributed by atoms with Crippen LogP contribution in [0.4, 0.5) is 5.82 Å². The molecule has 0 radical (unpaired) electrons. The van der Waals surface area contributed by atoms with Crippen molar-refractivity contribution in [1.82, 2.24) is 14.9 Å². The number of aliphatic carboxylic acids is 1. The first-order valence-electron chi connectivity index (χ1n) is 14.4. The first-order valence-corrected chi connectivity index (χ1v) is 14.4. The van der Waals surface area contributed by atoms with Gasteiger partial charge in [-0.25, -0.2) is 4.98 Å². The SMILES string of the molecule is CC(C)OCc1cc(C2CC2)ncc1[C@@H](C(=O)O)N1CC[C@@H](OCCCCc2ccc3c(n2)NCCC3)C1. The summed E-state index contributed by atoms with van der Waals surface area (Å²) in [5.74, 6) is 0.721. The third kappa shape index (κ3) is 6.90. The first-order chi connectivity index (χ1) is 18.5. The van der Waals surface area contributed by atoms with Crippen LogP contribution in [0.1, 0.15) is 92.4 Å². The minimum Gasteiger partial charge on any atom is -0.480 e. The van der Waals surface area contributed by atoms with Crippen LogP contribution in [0.25, 0.3) is 0 Å². The number of likely N-dealkylation sites (tertiary alicyclic amines) is 1. The summed E-state index contributed by atoms with van der Waals surface area (Å²) in [5, 5.41) is 13.6. The zero-order valence-corrected chi connectivity index (χ0v) is 22.8. The lowest BCUT2D eigenvalue weighted by molar-refractivity contribution is -0.143. The van der Waals surface area contributed by atoms with E-state index in [0.29, 0.717) is 32.2 Å². The Morgan fingerprint density at radius 2 is 2.11 bits per heavy atom. The number of carbonyl (C=O) groups is 1. The lowest BCUT2D eigenvalue weighted by atomic mass is 10.00. The summed E-state index contributed by atoms with van der Waals surface area (Å²) in [5.41, 5.74) is 5.20. The van der Waals surface area contributed by atoms with E-state index in [0.717, 1.165) is 79.8 Å². The monoisotopic (exact) mass is 522 g/mol. The fraction of sp³-hybridized carbons (Fsp3) is 0.633. The summed E-state index contributed by atoms with van der Waals surface area (Å²) in [7, 11) is 0. The molecule has 2 fully saturated rings. The Hall–Kier alpha value is -2.55. The third-order valence-corrected chi connectivity index (χ3v) is 7.82. The second kappa shape index (κ2) is 12.5. The average Bonchev–Trinajstić information content (AvgIpc) is 3.66. The average molecular weight is 523 g/mol. The molecule has 2 atom stereocenters. The molecular formula is C30H42N4O4. The summed E-state index contributed by atoms with van der Waals surface area (Å²) in [4.78, 5) is 23.9. The van der Waals surface area contributed by atoms with E-state index < -0.39 is 12.0 Å². The molecule has 1 saturated heterocycles. The van der Waals surface area contributed by atoms with Gasteiger partial charge in [-0.05, 0) is 88.5 Å². The number of hydrogen-bond donors (Lipinski definition) is 2. The van der Waals surface area contributed by atoms with Gasteiger partial charge in [0.05, 0.1) is 18.8 Å². The van der Waals surface area contributed by atoms with Crippen molar-refractivity contribution < 1.29 is 19.4 Å². The smallest absolute Gasteiger partial charge is 0.325 e. The number of pyridine rings is 2. The molecule has 0 aromatic carbocycles. The van der Waals surface area contributed by atoms with Crippen LogP contribution in [0.5, 0.6) is 0 Å². The largest absolute Gasteiger partial charge is 0.480 e. The molecule has 3 aliphatic rings. The second-order valence-corrected chi connectivity index (χ2v) is 11.3. The fourth-order valence-electron chi connectivity index (χ4n) is 5.53. The van der Waals surface area contributed by atoms with E-state index in [2.05, 4.69) is 28.5 Å². The number of nitrogens with zero attached hydrogens (tertiary/aromatic N) is 3. The van der Waals surface area contributed by atoms with Gasteiger partial charge in [0.25, 0.3) is 0 Å². The van der Waals surface area contributed by atoms with Crippen LogP contribution in [0, 0.1) is 0 Å². The van der Waals surface area contributed by atoms with Gasteiger partial charge in [-0.3, -0.25) is 14.7 Å². The molecule has 1 aliphatic carbocycles. The van der Waals surface area contributed by atoms with E-state index >= 15 is 0 Å². The van der Waals surface area contributed by atoms with E-state index in [-0.39, 0.29) is 12.2 Å². The van der Waals surface area contributed by atoms with Gasteiger partial charge in [0.15, 0.2) is 0 Å². The molecule has 0 spiro atoms. The van der Waals surface area contributed by atoms with Gasteiger partial charge in [0.2, 0.25) is 0 Å². The van der Waals surface area contributed by atoms with E-state index in [1.165, 1.54) is 12.0 Å². The number of carboxylic acid groups (broad SMARTS) is 1. The Kier molecular flexibility index (Phi) is 8.92. The maximum absolute atomic E-state index is 12.5. The highest BCUT2D eigenvalue weighted by Crippen LogP contribution is 2.40. The standard InChI is InChI=1S/C30H42N4O4/c1-20(2)38-19-23-16-27(21-8-9-21)32-17-26(23)28(30(35)36)34-14-12-25(18-34)37-15-4-3-7-24-11-10-22-6-5-13-31-29(22)33-24/h10-11,16-17,20-21,25,28H,3-9,12-15,18-19H2,1-2H3,(H,31,33)(H,35,36)/t25-,28+/m1/s1. The molecule has 0 unspecified atom stereocenters. The molecule has 206 valence electrons. The zero-order chi connectivity index (χ0) is 26.5. The van der Waals surface area contributed by atoms with E-state index in [4.69, 9.17) is 14.5 Å². The number of aryl methyl sites for hydroxylation is 2. The van der Waals surface area contributed by atoms with Crippen LogP contribution in [0.15, 0.2) is 24.4 Å². The number of hydrogen-bond acceptors (Lipinski definition) is 7. The Balaban J connectivity index is 1.13. The molecule has 0 bridgehead atoms. The van der Waals surface area contributed by atoms with Crippen LogP contribution < -0.4 is 5.32 Å². The highest BCUT2D eigenvalue weighted by molar-refractivity contribution is 5.76. The van der Waals surface area contributed by atoms with Crippen molar-refractivity contribution in [2.24, 2.45) is 0 Å². The molecule has 2 N–H and O–H groups in total. The lowest BCUT2D eigenvalue weighted by Crippen LogP contribution is -2.34. The Morgan fingerprint density at radius 1 is 1.24 bits per heavy atom. The molecule has 8 heteroatoms. The van der Waals surface area contributed by atoms with Crippen LogP contribution in [-0.4, -0.2) is 64.4 Å². The van der Waals surface area contributed by atoms with Gasteiger partial charge in [-0.15, -0.1) is 0 Å². The summed E-state index contributed by atoms with van der Waals surface area (Å²) in [6.07, 6.45) is 10.3. The van der Waals surface area contributed by atoms with Crippen molar-refractivity contribution in [2.45, 2.75) is 96.0 Å². The zero-order valence-electron chi connectivity index (χ0n) is 22.8. The number of carboxylic acids is 1. The van der Waals surface area contributed by atoms with E-state index in [9.17, 15) is 9.90 Å². The Morgan fingerprint density at radius 3 is 2.89 bits per heavy atom. The van der Waals surface area contributed by atoms with Gasteiger partial charge < -0.3 is 19.9 Å². The molecule has 4 heterocycles. The minimum atomic E-state index is -0.843. The number of nitrogens with one attached hydrogen (secondary N) is 1. The number of ether oxygens (including phenoxy) is 2. The van der Waals surface area contributed by atoms with E-state index in [1.807, 2.05) is 18.7 Å². The predicted molar refractivity (Wildman–Crippen MR) is 146 cm³/mol. The molecule has 2 aliphatic heterocycles.